The van der Waals surface area contributed by atoms with Crippen LogP contribution in [0.5, 0.6) is 5.75 Å². The number of nitrogen functional groups attached to an aromatic ring is 1. The van der Waals surface area contributed by atoms with E-state index in [-0.39, 0.29) is 11.4 Å². The van der Waals surface area contributed by atoms with Gasteiger partial charge in [0, 0.05) is 0 Å². The SMILES string of the molecule is [CH2]c1ccc([O])c(N)c1. The van der Waals surface area contributed by atoms with Crippen LogP contribution in [0.1, 0.15) is 5.56 Å². The Morgan fingerprint density at radius 2 is 2.11 bits per heavy atom. The molecular weight excluding hydrogens is 114 g/mol. The lowest BCUT2D eigenvalue weighted by molar-refractivity contribution is 0.357. The fourth-order valence-corrected chi connectivity index (χ4v) is 0.598. The molecule has 0 amide bonds. The molecule has 0 spiro atoms. The van der Waals surface area contributed by atoms with Crippen LogP contribution >= 0.6 is 0 Å². The van der Waals surface area contributed by atoms with Crippen molar-refractivity contribution in [2.75, 3.05) is 5.73 Å². The van der Waals surface area contributed by atoms with Gasteiger partial charge in [0.1, 0.15) is 0 Å². The molecule has 0 atom stereocenters. The third-order valence-corrected chi connectivity index (χ3v) is 1.07. The topological polar surface area (TPSA) is 45.9 Å². The fraction of sp³-hybridized carbons (Fsp3) is 0. The van der Waals surface area contributed by atoms with Gasteiger partial charge >= 0.3 is 0 Å². The molecule has 0 saturated carbocycles. The molecule has 9 heavy (non-hydrogen) atoms. The Morgan fingerprint density at radius 1 is 1.44 bits per heavy atom. The first-order valence-electron chi connectivity index (χ1n) is 2.58. The molecule has 0 aliphatic carbocycles. The van der Waals surface area contributed by atoms with Crippen molar-refractivity contribution in [3.05, 3.63) is 30.7 Å². The summed E-state index contributed by atoms with van der Waals surface area (Å²) in [4.78, 5) is 0. The second-order valence-electron chi connectivity index (χ2n) is 1.87. The molecule has 1 rings (SSSR count). The summed E-state index contributed by atoms with van der Waals surface area (Å²) in [6.07, 6.45) is 0. The summed E-state index contributed by atoms with van der Waals surface area (Å²) in [5.41, 5.74) is 6.30. The molecule has 0 aliphatic heterocycles. The van der Waals surface area contributed by atoms with Gasteiger partial charge in [0.2, 0.25) is 5.75 Å². The van der Waals surface area contributed by atoms with Gasteiger partial charge in [-0.25, -0.2) is 0 Å². The van der Waals surface area contributed by atoms with Crippen LogP contribution in [0.25, 0.3) is 0 Å². The van der Waals surface area contributed by atoms with Crippen LogP contribution < -0.4 is 5.73 Å². The van der Waals surface area contributed by atoms with E-state index in [4.69, 9.17) is 5.73 Å². The van der Waals surface area contributed by atoms with E-state index in [9.17, 15) is 5.11 Å². The van der Waals surface area contributed by atoms with E-state index in [2.05, 4.69) is 6.92 Å². The highest BCUT2D eigenvalue weighted by Gasteiger charge is 1.95. The first-order chi connectivity index (χ1) is 4.20. The maximum atomic E-state index is 10.6. The van der Waals surface area contributed by atoms with Crippen LogP contribution in [0.2, 0.25) is 0 Å². The fourth-order valence-electron chi connectivity index (χ4n) is 0.598. The van der Waals surface area contributed by atoms with Crippen molar-refractivity contribution >= 4 is 5.69 Å². The summed E-state index contributed by atoms with van der Waals surface area (Å²) in [5.74, 6) is -0.137. The van der Waals surface area contributed by atoms with Gasteiger partial charge in [-0.05, 0) is 24.6 Å². The molecule has 2 nitrogen and oxygen atoms in total. The number of rotatable bonds is 0. The number of hydrogen-bond donors (Lipinski definition) is 1. The largest absolute Gasteiger partial charge is 0.396 e. The van der Waals surface area contributed by atoms with Crippen molar-refractivity contribution in [2.24, 2.45) is 0 Å². The van der Waals surface area contributed by atoms with Crippen molar-refractivity contribution in [3.63, 3.8) is 0 Å². The van der Waals surface area contributed by atoms with Crippen LogP contribution in [-0.4, -0.2) is 0 Å². The van der Waals surface area contributed by atoms with Gasteiger partial charge in [-0.2, -0.15) is 0 Å². The Hall–Kier alpha value is -1.18. The number of benzene rings is 1. The highest BCUT2D eigenvalue weighted by Crippen LogP contribution is 2.20. The van der Waals surface area contributed by atoms with E-state index in [1.54, 1.807) is 12.1 Å². The third-order valence-electron chi connectivity index (χ3n) is 1.07. The standard InChI is InChI=1S/C7H7NO/c1-5-2-3-7(9)6(8)4-5/h2-4H,1,8H2. The van der Waals surface area contributed by atoms with Crippen molar-refractivity contribution in [2.45, 2.75) is 0 Å². The van der Waals surface area contributed by atoms with Gasteiger partial charge in [-0.15, -0.1) is 0 Å². The van der Waals surface area contributed by atoms with Crippen LogP contribution in [0.3, 0.4) is 0 Å². The van der Waals surface area contributed by atoms with E-state index in [0.29, 0.717) is 0 Å². The number of nitrogens with two attached hydrogens (primary N) is 1. The molecule has 0 aliphatic rings. The molecule has 1 aromatic carbocycles. The van der Waals surface area contributed by atoms with Crippen molar-refractivity contribution in [1.82, 2.24) is 0 Å². The first kappa shape index (κ1) is 5.95. The maximum Gasteiger partial charge on any atom is 0.201 e. The molecule has 0 heterocycles. The molecule has 46 valence electrons. The van der Waals surface area contributed by atoms with E-state index in [1.807, 2.05) is 0 Å². The first-order valence-corrected chi connectivity index (χ1v) is 2.58. The predicted molar refractivity (Wildman–Crippen MR) is 35.4 cm³/mol. The molecule has 0 bridgehead atoms. The van der Waals surface area contributed by atoms with Crippen LogP contribution in [0.15, 0.2) is 18.2 Å². The van der Waals surface area contributed by atoms with E-state index < -0.39 is 0 Å². The van der Waals surface area contributed by atoms with Gasteiger partial charge in [-0.1, -0.05) is 6.07 Å². The van der Waals surface area contributed by atoms with Crippen molar-refractivity contribution in [3.8, 4) is 5.75 Å². The maximum absolute atomic E-state index is 10.6. The molecule has 2 radical (unpaired) electrons. The minimum atomic E-state index is -0.137. The average molecular weight is 121 g/mol. The zero-order valence-electron chi connectivity index (χ0n) is 4.92. The monoisotopic (exact) mass is 121 g/mol. The van der Waals surface area contributed by atoms with Gasteiger partial charge in [0.05, 0.1) is 5.69 Å². The van der Waals surface area contributed by atoms with Gasteiger partial charge in [0.15, 0.2) is 0 Å². The number of hydrogen-bond acceptors (Lipinski definition) is 1. The Bertz CT molecular complexity index is 220. The normalized spacial score (nSPS) is 9.44. The predicted octanol–water partition coefficient (Wildman–Crippen LogP) is 1.59. The third kappa shape index (κ3) is 1.13. The summed E-state index contributed by atoms with van der Waals surface area (Å²) >= 11 is 0. The molecule has 2 N–H and O–H groups in total. The summed E-state index contributed by atoms with van der Waals surface area (Å²) in [5, 5.41) is 10.6. The molecule has 1 aromatic rings. The molecule has 2 heteroatoms. The molecule has 0 fully saturated rings. The highest BCUT2D eigenvalue weighted by atomic mass is 16.3. The lowest BCUT2D eigenvalue weighted by Crippen LogP contribution is -1.84. The molecular formula is C7H7NO. The number of anilines is 1. The van der Waals surface area contributed by atoms with E-state index in [0.717, 1.165) is 5.56 Å². The molecule has 0 unspecified atom stereocenters. The van der Waals surface area contributed by atoms with E-state index >= 15 is 0 Å². The Labute approximate surface area is 53.9 Å². The van der Waals surface area contributed by atoms with E-state index in [1.165, 1.54) is 6.07 Å². The summed E-state index contributed by atoms with van der Waals surface area (Å²) < 4.78 is 0. The molecule has 0 aromatic heterocycles. The quantitative estimate of drug-likeness (QED) is 0.520. The summed E-state index contributed by atoms with van der Waals surface area (Å²) in [6, 6.07) is 4.61. The van der Waals surface area contributed by atoms with Crippen LogP contribution in [-0.2, 0) is 5.11 Å². The lowest BCUT2D eigenvalue weighted by Gasteiger charge is -1.94. The zero-order chi connectivity index (χ0) is 6.85. The Morgan fingerprint density at radius 3 is 2.56 bits per heavy atom. The lowest BCUT2D eigenvalue weighted by atomic mass is 10.2. The molecule has 0 saturated heterocycles. The second-order valence-corrected chi connectivity index (χ2v) is 1.87. The minimum absolute atomic E-state index is 0.137. The summed E-state index contributed by atoms with van der Waals surface area (Å²) in [6.45, 7) is 3.60. The van der Waals surface area contributed by atoms with Crippen molar-refractivity contribution in [1.29, 1.82) is 0 Å². The zero-order valence-corrected chi connectivity index (χ0v) is 4.92. The van der Waals surface area contributed by atoms with Crippen molar-refractivity contribution < 1.29 is 5.11 Å². The highest BCUT2D eigenvalue weighted by molar-refractivity contribution is 5.53. The average Bonchev–Trinajstić information content (AvgIpc) is 1.80. The Kier molecular flexibility index (Phi) is 1.30. The van der Waals surface area contributed by atoms with Gasteiger partial charge in [0.25, 0.3) is 0 Å². The minimum Gasteiger partial charge on any atom is -0.396 e. The smallest absolute Gasteiger partial charge is 0.201 e. The summed E-state index contributed by atoms with van der Waals surface area (Å²) in [7, 11) is 0. The van der Waals surface area contributed by atoms with Gasteiger partial charge in [-0.3, -0.25) is 5.11 Å². The van der Waals surface area contributed by atoms with Crippen LogP contribution in [0.4, 0.5) is 5.69 Å². The second kappa shape index (κ2) is 1.97. The van der Waals surface area contributed by atoms with Crippen LogP contribution in [0, 0.1) is 6.92 Å². The Balaban J connectivity index is 3.17. The van der Waals surface area contributed by atoms with Gasteiger partial charge < -0.3 is 5.73 Å².